The van der Waals surface area contributed by atoms with Gasteiger partial charge in [-0.15, -0.1) is 0 Å². The van der Waals surface area contributed by atoms with Crippen LogP contribution in [0.5, 0.6) is 0 Å². The van der Waals surface area contributed by atoms with E-state index >= 15 is 0 Å². The zero-order valence-corrected chi connectivity index (χ0v) is 9.79. The molecule has 0 N–H and O–H groups in total. The van der Waals surface area contributed by atoms with E-state index < -0.39 is 17.1 Å². The van der Waals surface area contributed by atoms with E-state index in [1.807, 2.05) is 18.7 Å². The van der Waals surface area contributed by atoms with Gasteiger partial charge in [-0.1, -0.05) is 13.8 Å². The molecule has 0 aromatic rings. The van der Waals surface area contributed by atoms with Crippen molar-refractivity contribution in [2.75, 3.05) is 14.1 Å². The van der Waals surface area contributed by atoms with Gasteiger partial charge in [0.25, 0.3) is 0 Å². The van der Waals surface area contributed by atoms with Crippen molar-refractivity contribution < 1.29 is 13.2 Å². The van der Waals surface area contributed by atoms with Gasteiger partial charge in [-0.25, -0.2) is 0 Å². The van der Waals surface area contributed by atoms with Gasteiger partial charge in [-0.2, -0.15) is 13.2 Å². The molecular formula is C10H20F3N. The zero-order chi connectivity index (χ0) is 11.8. The van der Waals surface area contributed by atoms with Crippen molar-refractivity contribution in [3.05, 3.63) is 0 Å². The molecule has 4 heteroatoms. The third-order valence-electron chi connectivity index (χ3n) is 2.85. The van der Waals surface area contributed by atoms with Gasteiger partial charge in [0.2, 0.25) is 0 Å². The molecule has 0 atom stereocenters. The van der Waals surface area contributed by atoms with Crippen LogP contribution in [0.3, 0.4) is 0 Å². The summed E-state index contributed by atoms with van der Waals surface area (Å²) in [6.45, 7) is 6.14. The van der Waals surface area contributed by atoms with Crippen molar-refractivity contribution >= 4 is 0 Å². The first-order valence-electron chi connectivity index (χ1n) is 4.64. The van der Waals surface area contributed by atoms with E-state index in [1.54, 1.807) is 14.1 Å². The fourth-order valence-electron chi connectivity index (χ4n) is 1.34. The quantitative estimate of drug-likeness (QED) is 0.692. The molecule has 0 heterocycles. The standard InChI is InChI=1S/C10H20F3N/c1-8(2,10(11,12)13)7-9(3,4)14(5)6/h7H2,1-6H3. The Morgan fingerprint density at radius 2 is 1.29 bits per heavy atom. The molecule has 0 rings (SSSR count). The normalized spacial score (nSPS) is 15.0. The van der Waals surface area contributed by atoms with Gasteiger partial charge in [-0.3, -0.25) is 0 Å². The minimum absolute atomic E-state index is 0.0938. The summed E-state index contributed by atoms with van der Waals surface area (Å²) in [5.41, 5.74) is -2.08. The average molecular weight is 211 g/mol. The van der Waals surface area contributed by atoms with Gasteiger partial charge in [0, 0.05) is 5.54 Å². The largest absolute Gasteiger partial charge is 0.394 e. The maximum absolute atomic E-state index is 12.6. The minimum Gasteiger partial charge on any atom is -0.304 e. The first-order chi connectivity index (χ1) is 5.90. The summed E-state index contributed by atoms with van der Waals surface area (Å²) in [6.07, 6.45) is -4.04. The summed E-state index contributed by atoms with van der Waals surface area (Å²) < 4.78 is 37.8. The van der Waals surface area contributed by atoms with E-state index in [0.29, 0.717) is 0 Å². The number of halogens is 3. The van der Waals surface area contributed by atoms with E-state index in [2.05, 4.69) is 0 Å². The highest BCUT2D eigenvalue weighted by atomic mass is 19.4. The SMILES string of the molecule is CN(C)C(C)(C)CC(C)(C)C(F)(F)F. The molecule has 0 aromatic carbocycles. The summed E-state index contributed by atoms with van der Waals surface area (Å²) in [6, 6.07) is 0. The molecule has 0 aliphatic carbocycles. The van der Waals surface area contributed by atoms with E-state index in [9.17, 15) is 13.2 Å². The van der Waals surface area contributed by atoms with E-state index in [1.165, 1.54) is 13.8 Å². The monoisotopic (exact) mass is 211 g/mol. The van der Waals surface area contributed by atoms with Crippen molar-refractivity contribution in [3.8, 4) is 0 Å². The second-order valence-electron chi connectivity index (χ2n) is 5.27. The maximum atomic E-state index is 12.6. The molecule has 0 aliphatic rings. The van der Waals surface area contributed by atoms with E-state index in [4.69, 9.17) is 0 Å². The first-order valence-corrected chi connectivity index (χ1v) is 4.64. The van der Waals surface area contributed by atoms with Crippen molar-refractivity contribution in [2.45, 2.75) is 45.8 Å². The molecule has 0 amide bonds. The molecular weight excluding hydrogens is 191 g/mol. The number of hydrogen-bond donors (Lipinski definition) is 0. The Balaban J connectivity index is 4.67. The second-order valence-corrected chi connectivity index (χ2v) is 5.27. The van der Waals surface area contributed by atoms with Crippen molar-refractivity contribution in [1.29, 1.82) is 0 Å². The highest BCUT2D eigenvalue weighted by Gasteiger charge is 2.49. The Morgan fingerprint density at radius 3 is 1.50 bits per heavy atom. The molecule has 0 radical (unpaired) electrons. The number of rotatable bonds is 3. The highest BCUT2D eigenvalue weighted by molar-refractivity contribution is 4.88. The Bertz CT molecular complexity index is 192. The van der Waals surface area contributed by atoms with Crippen LogP contribution >= 0.6 is 0 Å². The van der Waals surface area contributed by atoms with Crippen molar-refractivity contribution in [3.63, 3.8) is 0 Å². The lowest BCUT2D eigenvalue weighted by Crippen LogP contribution is -2.46. The van der Waals surface area contributed by atoms with Gasteiger partial charge >= 0.3 is 6.18 Å². The van der Waals surface area contributed by atoms with Crippen LogP contribution in [0, 0.1) is 5.41 Å². The average Bonchev–Trinajstić information content (AvgIpc) is 1.80. The van der Waals surface area contributed by atoms with Crippen LogP contribution in [-0.2, 0) is 0 Å². The fraction of sp³-hybridized carbons (Fsp3) is 1.00. The van der Waals surface area contributed by atoms with Gasteiger partial charge in [0.15, 0.2) is 0 Å². The molecule has 0 saturated heterocycles. The third kappa shape index (κ3) is 3.15. The Morgan fingerprint density at radius 1 is 0.929 bits per heavy atom. The summed E-state index contributed by atoms with van der Waals surface area (Å²) in [5, 5.41) is 0. The first kappa shape index (κ1) is 13.8. The lowest BCUT2D eigenvalue weighted by atomic mass is 9.79. The third-order valence-corrected chi connectivity index (χ3v) is 2.85. The summed E-state index contributed by atoms with van der Waals surface area (Å²) in [4.78, 5) is 1.82. The zero-order valence-electron chi connectivity index (χ0n) is 9.79. The molecule has 0 bridgehead atoms. The molecule has 0 spiro atoms. The number of nitrogens with zero attached hydrogens (tertiary/aromatic N) is 1. The van der Waals surface area contributed by atoms with Crippen LogP contribution in [0.2, 0.25) is 0 Å². The molecule has 0 saturated carbocycles. The lowest BCUT2D eigenvalue weighted by Gasteiger charge is -2.40. The molecule has 0 aliphatic heterocycles. The summed E-state index contributed by atoms with van der Waals surface area (Å²) in [7, 11) is 3.60. The molecule has 0 fully saturated rings. The van der Waals surface area contributed by atoms with Crippen LogP contribution in [-0.4, -0.2) is 30.7 Å². The van der Waals surface area contributed by atoms with Crippen molar-refractivity contribution in [1.82, 2.24) is 4.90 Å². The predicted molar refractivity (Wildman–Crippen MR) is 52.2 cm³/mol. The highest BCUT2D eigenvalue weighted by Crippen LogP contribution is 2.43. The molecule has 0 unspecified atom stereocenters. The van der Waals surface area contributed by atoms with Gasteiger partial charge in [0.05, 0.1) is 5.41 Å². The van der Waals surface area contributed by atoms with Crippen LogP contribution in [0.1, 0.15) is 34.1 Å². The predicted octanol–water partition coefficient (Wildman–Crippen LogP) is 3.31. The van der Waals surface area contributed by atoms with Gasteiger partial charge in [0.1, 0.15) is 0 Å². The smallest absolute Gasteiger partial charge is 0.304 e. The topological polar surface area (TPSA) is 3.24 Å². The molecule has 14 heavy (non-hydrogen) atoms. The Kier molecular flexibility index (Phi) is 3.65. The molecule has 0 aromatic heterocycles. The van der Waals surface area contributed by atoms with Gasteiger partial charge in [-0.05, 0) is 34.4 Å². The summed E-state index contributed by atoms with van der Waals surface area (Å²) >= 11 is 0. The number of alkyl halides is 3. The minimum atomic E-state index is -4.14. The van der Waals surface area contributed by atoms with Crippen LogP contribution in [0.15, 0.2) is 0 Å². The second kappa shape index (κ2) is 3.72. The van der Waals surface area contributed by atoms with E-state index in [0.717, 1.165) is 0 Å². The van der Waals surface area contributed by atoms with Crippen molar-refractivity contribution in [2.24, 2.45) is 5.41 Å². The van der Waals surface area contributed by atoms with Crippen LogP contribution in [0.4, 0.5) is 13.2 Å². The maximum Gasteiger partial charge on any atom is 0.394 e. The summed E-state index contributed by atoms with van der Waals surface area (Å²) in [5.74, 6) is 0. The molecule has 86 valence electrons. The number of hydrogen-bond acceptors (Lipinski definition) is 1. The lowest BCUT2D eigenvalue weighted by molar-refractivity contribution is -0.220. The van der Waals surface area contributed by atoms with Gasteiger partial charge < -0.3 is 4.90 Å². The Labute approximate surface area is 84.3 Å². The van der Waals surface area contributed by atoms with E-state index in [-0.39, 0.29) is 6.42 Å². The van der Waals surface area contributed by atoms with Crippen LogP contribution < -0.4 is 0 Å². The Hall–Kier alpha value is -0.250. The molecule has 1 nitrogen and oxygen atoms in total. The fourth-order valence-corrected chi connectivity index (χ4v) is 1.34. The van der Waals surface area contributed by atoms with Crippen LogP contribution in [0.25, 0.3) is 0 Å².